The minimum atomic E-state index is -4.38. The smallest absolute Gasteiger partial charge is 0.321 e. The van der Waals surface area contributed by atoms with Crippen molar-refractivity contribution in [1.29, 1.82) is 0 Å². The van der Waals surface area contributed by atoms with E-state index in [4.69, 9.17) is 0 Å². The van der Waals surface area contributed by atoms with Crippen LogP contribution < -0.4 is 5.56 Å². The maximum atomic E-state index is 13.6. The Morgan fingerprint density at radius 1 is 0.857 bits per heavy atom. The van der Waals surface area contributed by atoms with Crippen molar-refractivity contribution in [3.8, 4) is 0 Å². The lowest BCUT2D eigenvalue weighted by molar-refractivity contribution is -0.0485. The van der Waals surface area contributed by atoms with Gasteiger partial charge in [0.25, 0.3) is 5.56 Å². The van der Waals surface area contributed by atoms with E-state index in [1.807, 2.05) is 28.8 Å². The minimum Gasteiger partial charge on any atom is -0.321 e. The summed E-state index contributed by atoms with van der Waals surface area (Å²) in [6, 6.07) is 9.42. The van der Waals surface area contributed by atoms with Gasteiger partial charge in [-0.1, -0.05) is 37.8 Å². The van der Waals surface area contributed by atoms with Crippen LogP contribution in [0.1, 0.15) is 82.4 Å². The van der Waals surface area contributed by atoms with E-state index in [1.54, 1.807) is 0 Å². The quantitative estimate of drug-likeness (QED) is 0.573. The third kappa shape index (κ3) is 4.69. The van der Waals surface area contributed by atoms with Crippen molar-refractivity contribution in [3.05, 3.63) is 46.1 Å². The maximum absolute atomic E-state index is 13.6. The van der Waals surface area contributed by atoms with Crippen LogP contribution in [0.4, 0.5) is 0 Å². The molecular formula is C27H36N3O4P. The summed E-state index contributed by atoms with van der Waals surface area (Å²) in [6.45, 7) is 0. The van der Waals surface area contributed by atoms with Crippen LogP contribution in [0, 0.1) is 11.8 Å². The minimum absolute atomic E-state index is 0.0762. The maximum Gasteiger partial charge on any atom is 0.349 e. The average Bonchev–Trinajstić information content (AvgIpc) is 2.81. The Labute approximate surface area is 206 Å². The molecule has 2 aliphatic carbocycles. The Balaban J connectivity index is 1.34. The number of piperidine rings is 2. The molecule has 2 aromatic rings. The van der Waals surface area contributed by atoms with Gasteiger partial charge in [0.15, 0.2) is 0 Å². The summed E-state index contributed by atoms with van der Waals surface area (Å²) < 4.78 is 13.3. The van der Waals surface area contributed by atoms with Crippen molar-refractivity contribution in [2.45, 2.75) is 94.8 Å². The van der Waals surface area contributed by atoms with E-state index in [0.717, 1.165) is 36.0 Å². The number of fused-ring (bicyclic) bond motifs is 5. The Hall–Kier alpha value is -1.79. The molecule has 7 nitrogen and oxygen atoms in total. The highest BCUT2D eigenvalue weighted by Crippen LogP contribution is 2.47. The molecule has 2 saturated heterocycles. The van der Waals surface area contributed by atoms with Crippen LogP contribution in [0.25, 0.3) is 17.1 Å². The largest absolute Gasteiger partial charge is 0.349 e. The molecule has 2 N–H and O–H groups in total. The van der Waals surface area contributed by atoms with Gasteiger partial charge in [-0.05, 0) is 75.0 Å². The van der Waals surface area contributed by atoms with Crippen LogP contribution in [0.5, 0.6) is 0 Å². The van der Waals surface area contributed by atoms with Gasteiger partial charge >= 0.3 is 7.60 Å². The number of nitrogens with zero attached hydrogens (tertiary/aromatic N) is 3. The molecule has 6 atom stereocenters. The van der Waals surface area contributed by atoms with Crippen LogP contribution >= 0.6 is 7.60 Å². The Morgan fingerprint density at radius 3 is 2.20 bits per heavy atom. The van der Waals surface area contributed by atoms with Gasteiger partial charge in [0.05, 0.1) is 11.0 Å². The fourth-order valence-electron chi connectivity index (χ4n) is 7.95. The lowest BCUT2D eigenvalue weighted by Crippen LogP contribution is -2.58. The van der Waals surface area contributed by atoms with Crippen molar-refractivity contribution < 1.29 is 14.4 Å². The standard InChI is InChI=1S/C27H36N3O4P/c31-27-25(11-12-35(32,33)34)28-24-9-1-2-10-26(24)30(27)23-16-20-7-4-8-21(17-23)29(20)22-14-18-5-3-6-19(13-18)15-22/h1-2,9-12,18-23H,3-8,13-17H2,(H2,32,33,34)/b12-11+/t18-,19+,20-,21+,22?,23?. The molecule has 2 saturated carbocycles. The Morgan fingerprint density at radius 2 is 1.51 bits per heavy atom. The summed E-state index contributed by atoms with van der Waals surface area (Å²) in [5.41, 5.74) is 1.34. The van der Waals surface area contributed by atoms with E-state index in [9.17, 15) is 19.1 Å². The molecule has 4 aliphatic rings. The SMILES string of the molecule is O=c1c(/C=C/P(=O)(O)O)nc2ccccc2n1C1C[C@H]2CCC[C@@H](C1)N2C1C[C@H]2CCC[C@@H](C1)C2. The first-order valence-corrected chi connectivity index (χ1v) is 15.1. The van der Waals surface area contributed by atoms with Gasteiger partial charge in [0, 0.05) is 30.0 Å². The summed E-state index contributed by atoms with van der Waals surface area (Å²) in [4.78, 5) is 39.6. The summed E-state index contributed by atoms with van der Waals surface area (Å²) in [5, 5.41) is 0. The van der Waals surface area contributed by atoms with E-state index in [1.165, 1.54) is 63.9 Å². The van der Waals surface area contributed by atoms with E-state index in [2.05, 4.69) is 9.88 Å². The van der Waals surface area contributed by atoms with E-state index >= 15 is 0 Å². The molecule has 4 bridgehead atoms. The zero-order chi connectivity index (χ0) is 24.2. The monoisotopic (exact) mass is 497 g/mol. The number of benzene rings is 1. The van der Waals surface area contributed by atoms with Gasteiger partial charge in [-0.2, -0.15) is 0 Å². The first kappa shape index (κ1) is 23.6. The molecule has 4 fully saturated rings. The number of para-hydroxylation sites is 2. The van der Waals surface area contributed by atoms with Gasteiger partial charge in [-0.3, -0.25) is 14.3 Å². The van der Waals surface area contributed by atoms with Gasteiger partial charge in [-0.15, -0.1) is 0 Å². The fraction of sp³-hybridized carbons (Fsp3) is 0.630. The fourth-order valence-corrected chi connectivity index (χ4v) is 8.28. The molecule has 35 heavy (non-hydrogen) atoms. The molecule has 3 heterocycles. The second-order valence-electron chi connectivity index (χ2n) is 11.4. The average molecular weight is 498 g/mol. The number of aromatic nitrogens is 2. The first-order valence-electron chi connectivity index (χ1n) is 13.4. The van der Waals surface area contributed by atoms with Crippen molar-refractivity contribution >= 4 is 24.7 Å². The van der Waals surface area contributed by atoms with Crippen molar-refractivity contribution in [3.63, 3.8) is 0 Å². The normalized spacial score (nSPS) is 33.9. The van der Waals surface area contributed by atoms with E-state index < -0.39 is 7.60 Å². The van der Waals surface area contributed by atoms with Crippen LogP contribution in [-0.4, -0.2) is 42.4 Å². The van der Waals surface area contributed by atoms with Crippen molar-refractivity contribution in [2.24, 2.45) is 11.8 Å². The van der Waals surface area contributed by atoms with Gasteiger partial charge in [0.2, 0.25) is 0 Å². The molecule has 188 valence electrons. The highest BCUT2D eigenvalue weighted by molar-refractivity contribution is 7.55. The molecule has 1 aromatic heterocycles. The molecule has 0 amide bonds. The molecule has 8 heteroatoms. The molecule has 6 rings (SSSR count). The highest BCUT2D eigenvalue weighted by atomic mass is 31.2. The van der Waals surface area contributed by atoms with Crippen molar-refractivity contribution in [2.75, 3.05) is 0 Å². The third-order valence-corrected chi connectivity index (χ3v) is 9.68. The topological polar surface area (TPSA) is 95.7 Å². The molecule has 2 unspecified atom stereocenters. The Kier molecular flexibility index (Phi) is 6.24. The molecular weight excluding hydrogens is 461 g/mol. The molecule has 2 aliphatic heterocycles. The zero-order valence-electron chi connectivity index (χ0n) is 20.2. The van der Waals surface area contributed by atoms with Gasteiger partial charge in [0.1, 0.15) is 5.69 Å². The predicted molar refractivity (Wildman–Crippen MR) is 137 cm³/mol. The van der Waals surface area contributed by atoms with Crippen molar-refractivity contribution in [1.82, 2.24) is 14.5 Å². The summed E-state index contributed by atoms with van der Waals surface area (Å²) >= 11 is 0. The van der Waals surface area contributed by atoms with Crippen LogP contribution in [0.3, 0.4) is 0 Å². The zero-order valence-corrected chi connectivity index (χ0v) is 21.1. The van der Waals surface area contributed by atoms with Gasteiger partial charge in [-0.25, -0.2) is 4.98 Å². The number of rotatable bonds is 4. The second-order valence-corrected chi connectivity index (χ2v) is 12.9. The Bertz CT molecular complexity index is 1210. The number of hydrogen-bond donors (Lipinski definition) is 2. The molecule has 1 aromatic carbocycles. The van der Waals surface area contributed by atoms with E-state index in [0.29, 0.717) is 23.6 Å². The van der Waals surface area contributed by atoms with Crippen LogP contribution in [0.2, 0.25) is 0 Å². The number of hydrogen-bond acceptors (Lipinski definition) is 4. The lowest BCUT2D eigenvalue weighted by Gasteiger charge is -2.55. The molecule has 0 spiro atoms. The predicted octanol–water partition coefficient (Wildman–Crippen LogP) is 5.07. The lowest BCUT2D eigenvalue weighted by atomic mass is 9.68. The summed E-state index contributed by atoms with van der Waals surface area (Å²) in [7, 11) is -4.38. The van der Waals surface area contributed by atoms with Gasteiger partial charge < -0.3 is 14.4 Å². The summed E-state index contributed by atoms with van der Waals surface area (Å²) in [5.74, 6) is 2.59. The molecule has 0 radical (unpaired) electrons. The third-order valence-electron chi connectivity index (χ3n) is 9.14. The van der Waals surface area contributed by atoms with E-state index in [-0.39, 0.29) is 17.3 Å². The van der Waals surface area contributed by atoms with Crippen LogP contribution in [0.15, 0.2) is 34.9 Å². The first-order chi connectivity index (χ1) is 16.9. The second kappa shape index (κ2) is 9.26. The highest BCUT2D eigenvalue weighted by Gasteiger charge is 2.45. The van der Waals surface area contributed by atoms with Crippen LogP contribution in [-0.2, 0) is 4.57 Å². The summed E-state index contributed by atoms with van der Waals surface area (Å²) in [6.07, 6.45) is 15.1.